The summed E-state index contributed by atoms with van der Waals surface area (Å²) in [6.07, 6.45) is 3.69. The molecule has 0 aliphatic heterocycles. The van der Waals surface area contributed by atoms with Crippen LogP contribution in [0.5, 0.6) is 0 Å². The van der Waals surface area contributed by atoms with Gasteiger partial charge in [0.2, 0.25) is 0 Å². The molecular weight excluding hydrogens is 442 g/mol. The summed E-state index contributed by atoms with van der Waals surface area (Å²) < 4.78 is 0. The average Bonchev–Trinajstić information content (AvgIpc) is 2.95. The van der Waals surface area contributed by atoms with Crippen LogP contribution in [-0.4, -0.2) is 15.0 Å². The van der Waals surface area contributed by atoms with Crippen molar-refractivity contribution < 1.29 is 0 Å². The Morgan fingerprint density at radius 2 is 0.778 bits per heavy atom. The van der Waals surface area contributed by atoms with Crippen molar-refractivity contribution in [3.63, 3.8) is 0 Å². The van der Waals surface area contributed by atoms with E-state index >= 15 is 0 Å². The summed E-state index contributed by atoms with van der Waals surface area (Å²) in [4.78, 5) is 18.8. The molecule has 3 aromatic heterocycles. The number of hydrogen-bond acceptors (Lipinski definition) is 5. The van der Waals surface area contributed by atoms with E-state index in [1.54, 1.807) is 0 Å². The lowest BCUT2D eigenvalue weighted by Gasteiger charge is -2.26. The number of para-hydroxylation sites is 2. The molecule has 5 nitrogen and oxygen atoms in total. The molecule has 0 saturated carbocycles. The number of hydrogen-bond donors (Lipinski definition) is 0. The highest BCUT2D eigenvalue weighted by Gasteiger charge is 2.13. The quantitative estimate of drug-likeness (QED) is 0.240. The van der Waals surface area contributed by atoms with Crippen LogP contribution >= 0.6 is 0 Å². The maximum Gasteiger partial charge on any atom is 0.0606 e. The smallest absolute Gasteiger partial charge is 0.0606 e. The van der Waals surface area contributed by atoms with Gasteiger partial charge in [0.15, 0.2) is 0 Å². The third-order valence-electron chi connectivity index (χ3n) is 5.97. The maximum absolute atomic E-state index is 5.06. The van der Waals surface area contributed by atoms with Crippen LogP contribution in [0.3, 0.4) is 0 Å². The Bertz CT molecular complexity index is 1230. The van der Waals surface area contributed by atoms with Crippen molar-refractivity contribution in [1.29, 1.82) is 0 Å². The molecule has 2 aromatic carbocycles. The van der Waals surface area contributed by atoms with Gasteiger partial charge >= 0.3 is 0 Å². The molecule has 0 bridgehead atoms. The van der Waals surface area contributed by atoms with Gasteiger partial charge in [0.05, 0.1) is 49.0 Å². The van der Waals surface area contributed by atoms with E-state index in [0.717, 1.165) is 34.2 Å². The van der Waals surface area contributed by atoms with Gasteiger partial charge in [0, 0.05) is 23.8 Å². The summed E-state index contributed by atoms with van der Waals surface area (Å²) in [5, 5.41) is 0. The monoisotopic (exact) mass is 471 g/mol. The molecule has 3 heterocycles. The van der Waals surface area contributed by atoms with Gasteiger partial charge < -0.3 is 9.80 Å². The van der Waals surface area contributed by atoms with Crippen molar-refractivity contribution in [3.8, 4) is 0 Å². The minimum Gasteiger partial charge on any atom is -0.360 e. The number of anilines is 2. The maximum atomic E-state index is 5.06. The summed E-state index contributed by atoms with van der Waals surface area (Å²) in [7, 11) is 0. The number of aromatic nitrogens is 3. The van der Waals surface area contributed by atoms with Gasteiger partial charge in [-0.25, -0.2) is 0 Å². The summed E-state index contributed by atoms with van der Waals surface area (Å²) in [6, 6.07) is 39.3. The Morgan fingerprint density at radius 1 is 0.389 bits per heavy atom. The molecule has 36 heavy (non-hydrogen) atoms. The van der Waals surface area contributed by atoms with E-state index in [0.29, 0.717) is 26.2 Å². The normalized spacial score (nSPS) is 10.7. The zero-order valence-electron chi connectivity index (χ0n) is 20.2. The SMILES string of the molecule is c1ccc(N(Cc2ccccn2)Cc2cccc(CN(Cc3ccccn3)c3ccccc3)n2)cc1. The topological polar surface area (TPSA) is 45.2 Å². The van der Waals surface area contributed by atoms with Crippen LogP contribution in [0, 0.1) is 0 Å². The molecular formula is C31H29N5. The molecule has 0 radical (unpaired) electrons. The Morgan fingerprint density at radius 3 is 1.19 bits per heavy atom. The fourth-order valence-corrected chi connectivity index (χ4v) is 4.23. The average molecular weight is 472 g/mol. The highest BCUT2D eigenvalue weighted by atomic mass is 15.2. The standard InChI is InChI=1S/C31H29N5/c1-3-16-30(17-4-1)35(22-26-12-7-9-20-32-26)24-28-14-11-15-29(34-28)25-36(31-18-5-2-6-19-31)23-27-13-8-10-21-33-27/h1-21H,22-25H2. The summed E-state index contributed by atoms with van der Waals surface area (Å²) in [6.45, 7) is 2.82. The van der Waals surface area contributed by atoms with Crippen molar-refractivity contribution in [2.75, 3.05) is 9.80 Å². The van der Waals surface area contributed by atoms with Gasteiger partial charge in [-0.05, 0) is 60.7 Å². The second-order valence-corrected chi connectivity index (χ2v) is 8.65. The van der Waals surface area contributed by atoms with Gasteiger partial charge in [-0.1, -0.05) is 54.6 Å². The molecule has 5 rings (SSSR count). The van der Waals surface area contributed by atoms with E-state index in [-0.39, 0.29) is 0 Å². The molecule has 0 aliphatic carbocycles. The highest BCUT2D eigenvalue weighted by molar-refractivity contribution is 5.48. The van der Waals surface area contributed by atoms with Crippen molar-refractivity contribution in [3.05, 3.63) is 150 Å². The van der Waals surface area contributed by atoms with E-state index in [9.17, 15) is 0 Å². The minimum absolute atomic E-state index is 0.694. The first-order valence-electron chi connectivity index (χ1n) is 12.2. The number of benzene rings is 2. The van der Waals surface area contributed by atoms with Gasteiger partial charge in [0.25, 0.3) is 0 Å². The highest BCUT2D eigenvalue weighted by Crippen LogP contribution is 2.21. The Kier molecular flexibility index (Phi) is 7.59. The molecule has 0 spiro atoms. The molecule has 0 unspecified atom stereocenters. The molecule has 0 amide bonds. The van der Waals surface area contributed by atoms with Gasteiger partial charge in [-0.2, -0.15) is 0 Å². The van der Waals surface area contributed by atoms with Crippen LogP contribution in [0.15, 0.2) is 128 Å². The summed E-state index contributed by atoms with van der Waals surface area (Å²) in [5.74, 6) is 0. The van der Waals surface area contributed by atoms with Crippen molar-refractivity contribution in [2.24, 2.45) is 0 Å². The fourth-order valence-electron chi connectivity index (χ4n) is 4.23. The van der Waals surface area contributed by atoms with Crippen molar-refractivity contribution >= 4 is 11.4 Å². The van der Waals surface area contributed by atoms with Crippen molar-refractivity contribution in [2.45, 2.75) is 26.2 Å². The number of pyridine rings is 3. The first-order chi connectivity index (χ1) is 17.8. The van der Waals surface area contributed by atoms with Crippen molar-refractivity contribution in [1.82, 2.24) is 15.0 Å². The minimum atomic E-state index is 0.694. The van der Waals surface area contributed by atoms with E-state index in [1.807, 2.05) is 48.8 Å². The summed E-state index contributed by atoms with van der Waals surface area (Å²) in [5.41, 5.74) is 6.41. The van der Waals surface area contributed by atoms with E-state index in [1.165, 1.54) is 0 Å². The molecule has 178 valence electrons. The van der Waals surface area contributed by atoms with Crippen LogP contribution in [0.1, 0.15) is 22.8 Å². The third-order valence-corrected chi connectivity index (χ3v) is 5.97. The van der Waals surface area contributed by atoms with Crippen LogP contribution in [-0.2, 0) is 26.2 Å². The van der Waals surface area contributed by atoms with Crippen LogP contribution in [0.2, 0.25) is 0 Å². The van der Waals surface area contributed by atoms with E-state index < -0.39 is 0 Å². The largest absolute Gasteiger partial charge is 0.360 e. The molecule has 0 saturated heterocycles. The van der Waals surface area contributed by atoms with Crippen LogP contribution < -0.4 is 9.80 Å². The second kappa shape index (κ2) is 11.8. The first-order valence-corrected chi connectivity index (χ1v) is 12.2. The second-order valence-electron chi connectivity index (χ2n) is 8.65. The lowest BCUT2D eigenvalue weighted by molar-refractivity contribution is 0.737. The summed E-state index contributed by atoms with van der Waals surface area (Å²) >= 11 is 0. The van der Waals surface area contributed by atoms with Crippen LogP contribution in [0.25, 0.3) is 0 Å². The molecule has 5 aromatic rings. The van der Waals surface area contributed by atoms with E-state index in [2.05, 4.69) is 98.6 Å². The Balaban J connectivity index is 1.37. The Labute approximate surface area is 212 Å². The Hall–Kier alpha value is -4.51. The van der Waals surface area contributed by atoms with Gasteiger partial charge in [0.1, 0.15) is 0 Å². The van der Waals surface area contributed by atoms with Gasteiger partial charge in [-0.15, -0.1) is 0 Å². The zero-order valence-corrected chi connectivity index (χ0v) is 20.2. The lowest BCUT2D eigenvalue weighted by Crippen LogP contribution is -2.25. The van der Waals surface area contributed by atoms with Crippen LogP contribution in [0.4, 0.5) is 11.4 Å². The lowest BCUT2D eigenvalue weighted by atomic mass is 10.2. The predicted octanol–water partition coefficient (Wildman–Crippen LogP) is 6.29. The fraction of sp³-hybridized carbons (Fsp3) is 0.129. The molecule has 5 heteroatoms. The molecule has 0 N–H and O–H groups in total. The van der Waals surface area contributed by atoms with Gasteiger partial charge in [-0.3, -0.25) is 15.0 Å². The molecule has 0 fully saturated rings. The number of rotatable bonds is 10. The van der Waals surface area contributed by atoms with E-state index in [4.69, 9.17) is 4.98 Å². The number of nitrogens with zero attached hydrogens (tertiary/aromatic N) is 5. The zero-order chi connectivity index (χ0) is 24.4. The predicted molar refractivity (Wildman–Crippen MR) is 145 cm³/mol. The molecule has 0 aliphatic rings. The third kappa shape index (κ3) is 6.33. The first kappa shape index (κ1) is 23.2. The molecule has 0 atom stereocenters.